The molecule has 3 aromatic carbocycles. The van der Waals surface area contributed by atoms with E-state index in [1.165, 1.54) is 0 Å². The zero-order valence-corrected chi connectivity index (χ0v) is 22.7. The Labute approximate surface area is 235 Å². The summed E-state index contributed by atoms with van der Waals surface area (Å²) in [5.74, 6) is 0.646. The normalized spacial score (nSPS) is 10.7. The lowest BCUT2D eigenvalue weighted by atomic mass is 10.1. The molecule has 0 saturated carbocycles. The third-order valence-corrected chi connectivity index (χ3v) is 6.59. The summed E-state index contributed by atoms with van der Waals surface area (Å²) in [5, 5.41) is 12.5. The van der Waals surface area contributed by atoms with E-state index in [1.54, 1.807) is 30.3 Å². The molecule has 8 nitrogen and oxygen atoms in total. The van der Waals surface area contributed by atoms with E-state index < -0.39 is 5.97 Å². The predicted molar refractivity (Wildman–Crippen MR) is 162 cm³/mol. The van der Waals surface area contributed by atoms with Gasteiger partial charge in [-0.15, -0.1) is 0 Å². The molecule has 4 N–H and O–H groups in total. The van der Waals surface area contributed by atoms with Crippen molar-refractivity contribution in [1.29, 1.82) is 0 Å². The molecule has 208 valence electrons. The number of nitrogens with zero attached hydrogens (tertiary/aromatic N) is 3. The Kier molecular flexibility index (Phi) is 9.83. The largest absolute Gasteiger partial charge is 0.478 e. The quantitative estimate of drug-likeness (QED) is 0.177. The molecule has 8 heteroatoms. The van der Waals surface area contributed by atoms with Crippen LogP contribution in [0.5, 0.6) is 0 Å². The van der Waals surface area contributed by atoms with Crippen molar-refractivity contribution in [3.63, 3.8) is 0 Å². The average molecular weight is 541 g/mol. The Balaban J connectivity index is 0.000000396. The summed E-state index contributed by atoms with van der Waals surface area (Å²) in [6.07, 6.45) is 4.95. The zero-order valence-electron chi connectivity index (χ0n) is 22.7. The molecular weight excluding hydrogens is 502 g/mol. The van der Waals surface area contributed by atoms with E-state index in [-0.39, 0.29) is 7.33 Å². The van der Waals surface area contributed by atoms with E-state index >= 15 is 0 Å². The highest BCUT2D eigenvalue weighted by Gasteiger charge is 2.16. The Morgan fingerprint density at radius 2 is 1.52 bits per heavy atom. The van der Waals surface area contributed by atoms with Crippen molar-refractivity contribution in [2.75, 3.05) is 12.3 Å². The van der Waals surface area contributed by atoms with Crippen LogP contribution >= 0.6 is 0 Å². The minimum absolute atomic E-state index is 0. The molecule has 2 aromatic heterocycles. The van der Waals surface area contributed by atoms with Gasteiger partial charge in [-0.25, -0.2) is 14.8 Å². The number of benzene rings is 3. The molecule has 0 fully saturated rings. The number of nitrogen functional groups attached to an aromatic ring is 1. The number of para-hydroxylation sites is 1. The monoisotopic (exact) mass is 540 g/mol. The lowest BCUT2D eigenvalue weighted by molar-refractivity contribution is 0.0696. The van der Waals surface area contributed by atoms with Crippen LogP contribution in [0.1, 0.15) is 60.6 Å². The fourth-order valence-corrected chi connectivity index (χ4v) is 4.54. The molecule has 0 aliphatic rings. The SMILES string of the molecule is CCCCc1nc2c(N)nc3ccccc3c2n1CCCCNC(=O)c1ccccc1.O=C(O)c1ccccc1.[2HH]. The highest BCUT2D eigenvalue weighted by molar-refractivity contribution is 6.06. The van der Waals surface area contributed by atoms with Crippen molar-refractivity contribution in [2.24, 2.45) is 0 Å². The Hall–Kier alpha value is -4.72. The lowest BCUT2D eigenvalue weighted by Crippen LogP contribution is -2.24. The maximum atomic E-state index is 12.2. The van der Waals surface area contributed by atoms with Crippen molar-refractivity contribution >= 4 is 39.6 Å². The number of pyridine rings is 1. The number of amides is 1. The van der Waals surface area contributed by atoms with Gasteiger partial charge >= 0.3 is 5.97 Å². The number of nitrogens with two attached hydrogens (primary N) is 1. The molecule has 0 aliphatic carbocycles. The third kappa shape index (κ3) is 7.02. The number of hydrogen-bond acceptors (Lipinski definition) is 5. The van der Waals surface area contributed by atoms with Crippen LogP contribution in [0, 0.1) is 0 Å². The first-order chi connectivity index (χ1) is 19.5. The number of aryl methyl sites for hydroxylation is 2. The van der Waals surface area contributed by atoms with E-state index in [1.807, 2.05) is 48.5 Å². The van der Waals surface area contributed by atoms with Crippen molar-refractivity contribution in [2.45, 2.75) is 45.6 Å². The molecule has 0 aliphatic heterocycles. The van der Waals surface area contributed by atoms with Crippen LogP contribution in [-0.4, -0.2) is 38.1 Å². The Morgan fingerprint density at radius 3 is 2.17 bits per heavy atom. The molecule has 0 spiro atoms. The number of carboxylic acids is 1. The molecule has 5 rings (SSSR count). The minimum Gasteiger partial charge on any atom is -0.478 e. The first kappa shape index (κ1) is 28.3. The number of unbranched alkanes of at least 4 members (excludes halogenated alkanes) is 2. The van der Waals surface area contributed by atoms with Gasteiger partial charge in [-0.3, -0.25) is 4.79 Å². The van der Waals surface area contributed by atoms with Crippen LogP contribution in [0.3, 0.4) is 0 Å². The third-order valence-electron chi connectivity index (χ3n) is 6.59. The van der Waals surface area contributed by atoms with E-state index in [2.05, 4.69) is 27.9 Å². The van der Waals surface area contributed by atoms with Gasteiger partial charge in [0.1, 0.15) is 11.3 Å². The van der Waals surface area contributed by atoms with Crippen LogP contribution in [0.2, 0.25) is 0 Å². The summed E-state index contributed by atoms with van der Waals surface area (Å²) in [5.41, 5.74) is 10.0. The molecular formula is C32H37N5O3. The zero-order chi connectivity index (χ0) is 28.3. The Morgan fingerprint density at radius 1 is 0.875 bits per heavy atom. The van der Waals surface area contributed by atoms with Crippen molar-refractivity contribution in [3.05, 3.63) is 102 Å². The number of imidazole rings is 1. The molecule has 40 heavy (non-hydrogen) atoms. The fourth-order valence-electron chi connectivity index (χ4n) is 4.54. The molecule has 0 saturated heterocycles. The number of anilines is 1. The van der Waals surface area contributed by atoms with E-state index in [9.17, 15) is 9.59 Å². The maximum Gasteiger partial charge on any atom is 0.335 e. The maximum absolute atomic E-state index is 12.2. The van der Waals surface area contributed by atoms with Gasteiger partial charge in [-0.05, 0) is 49.6 Å². The Bertz CT molecular complexity index is 1570. The lowest BCUT2D eigenvalue weighted by Gasteiger charge is -2.11. The van der Waals surface area contributed by atoms with Gasteiger partial charge in [0.2, 0.25) is 0 Å². The van der Waals surface area contributed by atoms with Gasteiger partial charge in [0, 0.05) is 31.9 Å². The predicted octanol–water partition coefficient (Wildman–Crippen LogP) is 6.35. The molecule has 1 amide bonds. The molecule has 0 unspecified atom stereocenters. The summed E-state index contributed by atoms with van der Waals surface area (Å²) < 4.78 is 2.31. The van der Waals surface area contributed by atoms with Gasteiger partial charge in [0.15, 0.2) is 5.82 Å². The van der Waals surface area contributed by atoms with Crippen molar-refractivity contribution in [3.8, 4) is 0 Å². The molecule has 0 bridgehead atoms. The molecule has 5 aromatic rings. The van der Waals surface area contributed by atoms with Crippen molar-refractivity contribution < 1.29 is 16.1 Å². The fraction of sp³-hybridized carbons (Fsp3) is 0.250. The summed E-state index contributed by atoms with van der Waals surface area (Å²) in [4.78, 5) is 31.8. The molecule has 0 radical (unpaired) electrons. The van der Waals surface area contributed by atoms with E-state index in [4.69, 9.17) is 15.8 Å². The molecule has 2 heterocycles. The first-order valence-corrected chi connectivity index (χ1v) is 13.6. The number of fused-ring (bicyclic) bond motifs is 3. The average Bonchev–Trinajstić information content (AvgIpc) is 3.36. The summed E-state index contributed by atoms with van der Waals surface area (Å²) in [6.45, 7) is 3.67. The van der Waals surface area contributed by atoms with Gasteiger partial charge in [0.25, 0.3) is 5.91 Å². The standard InChI is InChI=1S/C25H29N5O.C7H6O2.H2/c1-2-3-15-21-29-22-23(19-13-7-8-14-20(19)28-24(22)26)30(21)17-10-9-16-27-25(31)18-11-5-4-6-12-18;8-7(9)6-4-2-1-3-5-6;/h4-8,11-14H,2-3,9-10,15-17H2,1H3,(H2,26,28)(H,27,31);1-5H,(H,8,9);1H/i;;1+1. The van der Waals surface area contributed by atoms with Crippen LogP contribution < -0.4 is 11.1 Å². The highest BCUT2D eigenvalue weighted by Crippen LogP contribution is 2.29. The van der Waals surface area contributed by atoms with Gasteiger partial charge in [-0.1, -0.05) is 67.9 Å². The highest BCUT2D eigenvalue weighted by atomic mass is 16.4. The second-order valence-corrected chi connectivity index (χ2v) is 9.49. The number of rotatable bonds is 10. The summed E-state index contributed by atoms with van der Waals surface area (Å²) in [7, 11) is 0. The number of carbonyl (C=O) groups is 2. The van der Waals surface area contributed by atoms with Crippen LogP contribution in [-0.2, 0) is 13.0 Å². The first-order valence-electron chi connectivity index (χ1n) is 13.6. The van der Waals surface area contributed by atoms with Gasteiger partial charge < -0.3 is 20.7 Å². The number of carboxylic acid groups (broad SMARTS) is 1. The van der Waals surface area contributed by atoms with Gasteiger partial charge in [-0.2, -0.15) is 0 Å². The number of nitrogens with one attached hydrogen (secondary N) is 1. The van der Waals surface area contributed by atoms with E-state index in [0.29, 0.717) is 23.5 Å². The summed E-state index contributed by atoms with van der Waals surface area (Å²) >= 11 is 0. The van der Waals surface area contributed by atoms with Crippen molar-refractivity contribution in [1.82, 2.24) is 19.9 Å². The van der Waals surface area contributed by atoms with Crippen LogP contribution in [0.4, 0.5) is 5.82 Å². The number of hydrogen-bond donors (Lipinski definition) is 3. The van der Waals surface area contributed by atoms with Crippen LogP contribution in [0.25, 0.3) is 21.9 Å². The topological polar surface area (TPSA) is 123 Å². The second-order valence-electron chi connectivity index (χ2n) is 9.49. The second kappa shape index (κ2) is 13.9. The summed E-state index contributed by atoms with van der Waals surface area (Å²) in [6, 6.07) is 25.7. The minimum atomic E-state index is -0.879. The number of carbonyl (C=O) groups excluding carboxylic acids is 1. The smallest absolute Gasteiger partial charge is 0.335 e. The van der Waals surface area contributed by atoms with E-state index in [0.717, 1.165) is 66.4 Å². The number of aromatic carboxylic acids is 1. The van der Waals surface area contributed by atoms with Gasteiger partial charge in [0.05, 0.1) is 16.6 Å². The number of aromatic nitrogens is 3. The molecule has 0 atom stereocenters. The van der Waals surface area contributed by atoms with Crippen LogP contribution in [0.15, 0.2) is 84.9 Å².